The molecule has 46 valence electrons. The fourth-order valence-electron chi connectivity index (χ4n) is 0.651. The lowest BCUT2D eigenvalue weighted by molar-refractivity contribution is 1.34. The number of pyridine rings is 1. The lowest BCUT2D eigenvalue weighted by Crippen LogP contribution is -2.11. The summed E-state index contributed by atoms with van der Waals surface area (Å²) in [6, 6.07) is 1.62. The third-order valence-electron chi connectivity index (χ3n) is 1.16. The average Bonchev–Trinajstić information content (AvgIpc) is 1.88. The van der Waals surface area contributed by atoms with Gasteiger partial charge >= 0.3 is 0 Å². The minimum Gasteiger partial charge on any atom is -0.383 e. The van der Waals surface area contributed by atoms with E-state index in [9.17, 15) is 0 Å². The van der Waals surface area contributed by atoms with Gasteiger partial charge in [-0.05, 0) is 6.07 Å². The Bertz CT molecular complexity index is 268. The van der Waals surface area contributed by atoms with Crippen molar-refractivity contribution >= 4 is 19.1 Å². The van der Waals surface area contributed by atoms with Crippen molar-refractivity contribution in [2.45, 2.75) is 0 Å². The van der Waals surface area contributed by atoms with Crippen LogP contribution in [0.25, 0.3) is 0 Å². The van der Waals surface area contributed by atoms with Crippen LogP contribution in [0.2, 0.25) is 0 Å². The van der Waals surface area contributed by atoms with Crippen LogP contribution < -0.4 is 11.2 Å². The van der Waals surface area contributed by atoms with Crippen molar-refractivity contribution in [3.63, 3.8) is 0 Å². The van der Waals surface area contributed by atoms with Crippen molar-refractivity contribution in [2.75, 3.05) is 5.73 Å². The molecule has 2 radical (unpaired) electrons. The maximum atomic E-state index is 5.47. The van der Waals surface area contributed by atoms with Gasteiger partial charge in [-0.25, -0.2) is 4.98 Å². The first-order valence-electron chi connectivity index (χ1n) is 2.72. The number of terminal acetylenes is 1. The van der Waals surface area contributed by atoms with Gasteiger partial charge in [0.05, 0.1) is 5.56 Å². The van der Waals surface area contributed by atoms with Crippen LogP contribution in [0.15, 0.2) is 12.3 Å². The number of nitrogens with zero attached hydrogens (tertiary/aromatic N) is 1. The fourth-order valence-corrected chi connectivity index (χ4v) is 0.651. The van der Waals surface area contributed by atoms with E-state index in [0.717, 1.165) is 0 Å². The smallest absolute Gasteiger partial charge is 0.138 e. The highest BCUT2D eigenvalue weighted by atomic mass is 14.8. The number of anilines is 1. The van der Waals surface area contributed by atoms with Gasteiger partial charge < -0.3 is 5.73 Å². The second-order valence-corrected chi connectivity index (χ2v) is 1.80. The molecule has 0 aliphatic rings. The molecule has 0 atom stereocenters. The zero-order chi connectivity index (χ0) is 7.56. The fraction of sp³-hybridized carbons (Fsp3) is 0. The molecule has 0 fully saturated rings. The molecule has 0 spiro atoms. The summed E-state index contributed by atoms with van der Waals surface area (Å²) in [5.41, 5.74) is 6.37. The SMILES string of the molecule is [B]c1ccnc(N)c1C#C. The third kappa shape index (κ3) is 0.962. The van der Waals surface area contributed by atoms with Gasteiger partial charge in [-0.15, -0.1) is 6.42 Å². The Morgan fingerprint density at radius 1 is 1.70 bits per heavy atom. The normalized spacial score (nSPS) is 8.70. The summed E-state index contributed by atoms with van der Waals surface area (Å²) in [5, 5.41) is 0. The zero-order valence-electron chi connectivity index (χ0n) is 5.33. The lowest BCUT2D eigenvalue weighted by Gasteiger charge is -1.99. The van der Waals surface area contributed by atoms with Crippen molar-refractivity contribution < 1.29 is 0 Å². The topological polar surface area (TPSA) is 38.9 Å². The molecule has 10 heavy (non-hydrogen) atoms. The Labute approximate surface area is 60.9 Å². The van der Waals surface area contributed by atoms with Gasteiger partial charge in [-0.1, -0.05) is 11.4 Å². The van der Waals surface area contributed by atoms with Crippen molar-refractivity contribution in [3.8, 4) is 12.3 Å². The Morgan fingerprint density at radius 2 is 2.40 bits per heavy atom. The zero-order valence-corrected chi connectivity index (χ0v) is 5.33. The molecule has 1 aromatic heterocycles. The van der Waals surface area contributed by atoms with Gasteiger partial charge in [0.1, 0.15) is 13.7 Å². The Hall–Kier alpha value is -1.43. The van der Waals surface area contributed by atoms with E-state index in [1.807, 2.05) is 0 Å². The first-order chi connectivity index (χ1) is 4.75. The van der Waals surface area contributed by atoms with E-state index in [1.165, 1.54) is 6.20 Å². The molecule has 1 rings (SSSR count). The van der Waals surface area contributed by atoms with Crippen LogP contribution in [0.5, 0.6) is 0 Å². The average molecular weight is 128 g/mol. The van der Waals surface area contributed by atoms with E-state index in [4.69, 9.17) is 20.0 Å². The molecular formula is C7H5BN2. The van der Waals surface area contributed by atoms with E-state index in [2.05, 4.69) is 10.9 Å². The van der Waals surface area contributed by atoms with Crippen molar-refractivity contribution in [2.24, 2.45) is 0 Å². The summed E-state index contributed by atoms with van der Waals surface area (Å²) in [4.78, 5) is 3.77. The van der Waals surface area contributed by atoms with Gasteiger partial charge in [0, 0.05) is 6.20 Å². The molecule has 2 nitrogen and oxygen atoms in total. The van der Waals surface area contributed by atoms with Crippen LogP contribution in [0.1, 0.15) is 5.56 Å². The Balaban J connectivity index is 3.34. The summed E-state index contributed by atoms with van der Waals surface area (Å²) in [7, 11) is 5.47. The second-order valence-electron chi connectivity index (χ2n) is 1.80. The van der Waals surface area contributed by atoms with Crippen molar-refractivity contribution in [1.29, 1.82) is 0 Å². The minimum absolute atomic E-state index is 0.308. The number of aromatic nitrogens is 1. The molecule has 0 amide bonds. The summed E-state index contributed by atoms with van der Waals surface area (Å²) in [6.07, 6.45) is 6.62. The van der Waals surface area contributed by atoms with E-state index in [1.54, 1.807) is 6.07 Å². The highest BCUT2D eigenvalue weighted by molar-refractivity contribution is 6.34. The molecule has 0 bridgehead atoms. The molecule has 0 unspecified atom stereocenters. The van der Waals surface area contributed by atoms with Crippen molar-refractivity contribution in [3.05, 3.63) is 17.8 Å². The first-order valence-corrected chi connectivity index (χ1v) is 2.72. The van der Waals surface area contributed by atoms with E-state index in [-0.39, 0.29) is 0 Å². The Kier molecular flexibility index (Phi) is 1.64. The van der Waals surface area contributed by atoms with E-state index < -0.39 is 0 Å². The largest absolute Gasteiger partial charge is 0.383 e. The minimum atomic E-state index is 0.308. The predicted octanol–water partition coefficient (Wildman–Crippen LogP) is -0.561. The molecule has 0 saturated heterocycles. The molecule has 3 heteroatoms. The molecule has 1 aromatic rings. The summed E-state index contributed by atoms with van der Waals surface area (Å²) in [6.45, 7) is 0. The first kappa shape index (κ1) is 6.69. The number of nitrogens with two attached hydrogens (primary N) is 1. The maximum Gasteiger partial charge on any atom is 0.138 e. The van der Waals surface area contributed by atoms with Gasteiger partial charge in [0.25, 0.3) is 0 Å². The van der Waals surface area contributed by atoms with E-state index in [0.29, 0.717) is 16.8 Å². The van der Waals surface area contributed by atoms with Crippen LogP contribution in [0.4, 0.5) is 5.82 Å². The van der Waals surface area contributed by atoms with Crippen LogP contribution in [0.3, 0.4) is 0 Å². The molecule has 1 heterocycles. The molecular weight excluding hydrogens is 123 g/mol. The second kappa shape index (κ2) is 2.44. The maximum absolute atomic E-state index is 5.47. The molecule has 0 aliphatic heterocycles. The molecule has 0 saturated carbocycles. The number of hydrogen-bond acceptors (Lipinski definition) is 2. The predicted molar refractivity (Wildman–Crippen MR) is 42.0 cm³/mol. The van der Waals surface area contributed by atoms with Crippen LogP contribution in [0, 0.1) is 12.3 Å². The van der Waals surface area contributed by atoms with E-state index >= 15 is 0 Å². The number of nitrogen functional groups attached to an aromatic ring is 1. The molecule has 0 aliphatic carbocycles. The highest BCUT2D eigenvalue weighted by Gasteiger charge is 1.97. The summed E-state index contributed by atoms with van der Waals surface area (Å²) in [5.74, 6) is 2.66. The third-order valence-corrected chi connectivity index (χ3v) is 1.16. The van der Waals surface area contributed by atoms with Gasteiger partial charge in [0.2, 0.25) is 0 Å². The quantitative estimate of drug-likeness (QED) is 0.375. The van der Waals surface area contributed by atoms with Gasteiger partial charge in [-0.2, -0.15) is 0 Å². The van der Waals surface area contributed by atoms with Crippen molar-refractivity contribution in [1.82, 2.24) is 4.98 Å². The van der Waals surface area contributed by atoms with Crippen LogP contribution in [-0.4, -0.2) is 12.8 Å². The standard InChI is InChI=1S/C7H5BN2/c1-2-5-6(8)3-4-10-7(5)9/h1,3-4H,(H2,9,10). The highest BCUT2D eigenvalue weighted by Crippen LogP contribution is 1.99. The molecule has 2 N–H and O–H groups in total. The van der Waals surface area contributed by atoms with Gasteiger partial charge in [0.15, 0.2) is 0 Å². The van der Waals surface area contributed by atoms with Crippen LogP contribution in [-0.2, 0) is 0 Å². The van der Waals surface area contributed by atoms with Crippen LogP contribution >= 0.6 is 0 Å². The summed E-state index contributed by atoms with van der Waals surface area (Å²) >= 11 is 0. The lowest BCUT2D eigenvalue weighted by atomic mass is 9.92. The molecule has 0 aromatic carbocycles. The Morgan fingerprint density at radius 3 is 2.80 bits per heavy atom. The van der Waals surface area contributed by atoms with Gasteiger partial charge in [-0.3, -0.25) is 0 Å². The monoisotopic (exact) mass is 128 g/mol. The number of rotatable bonds is 0. The summed E-state index contributed by atoms with van der Waals surface area (Å²) < 4.78 is 0. The number of hydrogen-bond donors (Lipinski definition) is 1.